The predicted molar refractivity (Wildman–Crippen MR) is 121 cm³/mol. The summed E-state index contributed by atoms with van der Waals surface area (Å²) in [5.74, 6) is -2.40. The summed E-state index contributed by atoms with van der Waals surface area (Å²) in [7, 11) is 0. The average Bonchev–Trinajstić information content (AvgIpc) is 3.36. The zero-order valence-corrected chi connectivity index (χ0v) is 18.1. The number of nitrogens with zero attached hydrogens (tertiary/aromatic N) is 3. The number of imide groups is 1. The van der Waals surface area contributed by atoms with E-state index < -0.39 is 40.6 Å². The fraction of sp³-hybridized carbons (Fsp3) is 0.200. The van der Waals surface area contributed by atoms with Gasteiger partial charge in [0.25, 0.3) is 11.6 Å². The minimum atomic E-state index is -1.12. The Morgan fingerprint density at radius 3 is 2.32 bits per heavy atom. The third-order valence-corrected chi connectivity index (χ3v) is 6.22. The number of non-ortho nitro benzene ring substituents is 1. The maximum atomic E-state index is 13.5. The normalized spacial score (nSPS) is 21.8. The van der Waals surface area contributed by atoms with Crippen molar-refractivity contribution in [3.05, 3.63) is 99.9 Å². The largest absolute Gasteiger partial charge is 0.273 e. The van der Waals surface area contributed by atoms with Crippen LogP contribution < -0.4 is 9.96 Å². The van der Waals surface area contributed by atoms with Gasteiger partial charge in [-0.2, -0.15) is 0 Å². The van der Waals surface area contributed by atoms with E-state index in [0.717, 1.165) is 22.4 Å². The summed E-state index contributed by atoms with van der Waals surface area (Å²) in [6.07, 6.45) is -0.287. The average molecular weight is 461 g/mol. The number of benzene rings is 3. The van der Waals surface area contributed by atoms with Gasteiger partial charge >= 0.3 is 0 Å². The van der Waals surface area contributed by atoms with Gasteiger partial charge < -0.3 is 0 Å². The number of hydroxylamine groups is 1. The second-order valence-corrected chi connectivity index (χ2v) is 8.18. The van der Waals surface area contributed by atoms with Gasteiger partial charge in [0.2, 0.25) is 5.91 Å². The van der Waals surface area contributed by atoms with Gasteiger partial charge in [-0.3, -0.25) is 24.5 Å². The minimum absolute atomic E-state index is 0.135. The predicted octanol–water partition coefficient (Wildman–Crippen LogP) is 4.35. The highest BCUT2D eigenvalue weighted by Crippen LogP contribution is 2.48. The molecule has 0 aromatic heterocycles. The molecule has 0 unspecified atom stereocenters. The van der Waals surface area contributed by atoms with E-state index in [1.54, 1.807) is 6.07 Å². The Morgan fingerprint density at radius 2 is 1.68 bits per heavy atom. The standard InChI is InChI=1S/C25H20FN3O5/c1-2-15-6-8-16(9-7-15)22-21-23(34-28(22)19-4-3-5-20(14-19)29(32)33)25(31)27(24(21)30)18-12-10-17(26)11-13-18/h3-14,21-23H,2H2,1H3/t21-,22-,23-/m1/s1. The van der Waals surface area contributed by atoms with E-state index in [2.05, 4.69) is 0 Å². The van der Waals surface area contributed by atoms with Gasteiger partial charge in [-0.1, -0.05) is 37.3 Å². The van der Waals surface area contributed by atoms with Crippen molar-refractivity contribution in [3.63, 3.8) is 0 Å². The number of nitro benzene ring substituents is 1. The lowest BCUT2D eigenvalue weighted by atomic mass is 9.90. The summed E-state index contributed by atoms with van der Waals surface area (Å²) >= 11 is 0. The number of carbonyl (C=O) groups excluding carboxylic acids is 2. The molecule has 3 aromatic rings. The Morgan fingerprint density at radius 1 is 0.971 bits per heavy atom. The maximum absolute atomic E-state index is 13.5. The van der Waals surface area contributed by atoms with Gasteiger partial charge in [0.1, 0.15) is 11.7 Å². The molecule has 5 rings (SSSR count). The number of amides is 2. The molecule has 0 N–H and O–H groups in total. The van der Waals surface area contributed by atoms with Crippen LogP contribution in [0.2, 0.25) is 0 Å². The number of fused-ring (bicyclic) bond motifs is 1. The van der Waals surface area contributed by atoms with Gasteiger partial charge in [0.05, 0.1) is 22.3 Å². The summed E-state index contributed by atoms with van der Waals surface area (Å²) < 4.78 is 13.4. The van der Waals surface area contributed by atoms with Gasteiger partial charge in [-0.25, -0.2) is 14.4 Å². The van der Waals surface area contributed by atoms with Crippen LogP contribution in [0.3, 0.4) is 0 Å². The van der Waals surface area contributed by atoms with Crippen LogP contribution in [0, 0.1) is 21.8 Å². The van der Waals surface area contributed by atoms with Gasteiger partial charge in [-0.05, 0) is 47.9 Å². The molecule has 2 aliphatic heterocycles. The molecule has 2 fully saturated rings. The molecule has 9 heteroatoms. The van der Waals surface area contributed by atoms with E-state index in [0.29, 0.717) is 5.69 Å². The second kappa shape index (κ2) is 8.35. The SMILES string of the molecule is CCc1ccc([C@@H]2[C@H]3C(=O)N(c4ccc(F)cc4)C(=O)[C@@H]3ON2c2cccc([N+](=O)[O-])c2)cc1. The lowest BCUT2D eigenvalue weighted by Gasteiger charge is -2.28. The van der Waals surface area contributed by atoms with E-state index in [1.165, 1.54) is 47.5 Å². The van der Waals surface area contributed by atoms with Crippen LogP contribution in [0.15, 0.2) is 72.8 Å². The molecule has 0 bridgehead atoms. The van der Waals surface area contributed by atoms with Crippen molar-refractivity contribution in [2.75, 3.05) is 9.96 Å². The van der Waals surface area contributed by atoms with Crippen molar-refractivity contribution in [2.45, 2.75) is 25.5 Å². The monoisotopic (exact) mass is 461 g/mol. The minimum Gasteiger partial charge on any atom is -0.273 e. The summed E-state index contributed by atoms with van der Waals surface area (Å²) in [5.41, 5.74) is 2.32. The van der Waals surface area contributed by atoms with E-state index >= 15 is 0 Å². The number of rotatable bonds is 5. The molecule has 8 nitrogen and oxygen atoms in total. The van der Waals surface area contributed by atoms with Crippen LogP contribution >= 0.6 is 0 Å². The molecule has 0 radical (unpaired) electrons. The van der Waals surface area contributed by atoms with Crippen molar-refractivity contribution in [1.29, 1.82) is 0 Å². The smallest absolute Gasteiger partial charge is 0.271 e. The molecular weight excluding hydrogens is 441 g/mol. The number of hydrogen-bond donors (Lipinski definition) is 0. The Labute approximate surface area is 194 Å². The van der Waals surface area contributed by atoms with Crippen LogP contribution in [0.5, 0.6) is 0 Å². The summed E-state index contributed by atoms with van der Waals surface area (Å²) in [6.45, 7) is 2.03. The van der Waals surface area contributed by atoms with E-state index in [4.69, 9.17) is 4.84 Å². The highest BCUT2D eigenvalue weighted by atomic mass is 19.1. The lowest BCUT2D eigenvalue weighted by Crippen LogP contribution is -2.37. The van der Waals surface area contributed by atoms with Crippen LogP contribution in [0.25, 0.3) is 0 Å². The van der Waals surface area contributed by atoms with E-state index in [9.17, 15) is 24.1 Å². The summed E-state index contributed by atoms with van der Waals surface area (Å²) in [4.78, 5) is 44.6. The zero-order chi connectivity index (χ0) is 24.0. The molecule has 3 atom stereocenters. The number of halogens is 1. The molecule has 34 heavy (non-hydrogen) atoms. The number of nitro groups is 1. The fourth-order valence-electron chi connectivity index (χ4n) is 4.52. The molecule has 172 valence electrons. The first kappa shape index (κ1) is 21.7. The Bertz CT molecular complexity index is 1280. The summed E-state index contributed by atoms with van der Waals surface area (Å²) in [6, 6.07) is 17.9. The lowest BCUT2D eigenvalue weighted by molar-refractivity contribution is -0.384. The van der Waals surface area contributed by atoms with Crippen molar-refractivity contribution in [1.82, 2.24) is 0 Å². The first-order chi connectivity index (χ1) is 16.4. The number of carbonyl (C=O) groups is 2. The molecule has 0 spiro atoms. The van der Waals surface area contributed by atoms with Crippen LogP contribution in [-0.2, 0) is 20.8 Å². The van der Waals surface area contributed by atoms with Crippen LogP contribution in [0.4, 0.5) is 21.5 Å². The molecular formula is C25H20FN3O5. The van der Waals surface area contributed by atoms with Gasteiger partial charge in [0, 0.05) is 12.1 Å². The highest BCUT2D eigenvalue weighted by molar-refractivity contribution is 6.23. The third kappa shape index (κ3) is 3.50. The van der Waals surface area contributed by atoms with E-state index in [-0.39, 0.29) is 11.4 Å². The van der Waals surface area contributed by atoms with E-state index in [1.807, 2.05) is 31.2 Å². The number of hydrogen-bond acceptors (Lipinski definition) is 6. The van der Waals surface area contributed by atoms with Crippen LogP contribution in [-0.4, -0.2) is 22.8 Å². The molecule has 3 aromatic carbocycles. The van der Waals surface area contributed by atoms with Gasteiger partial charge in [-0.15, -0.1) is 0 Å². The molecule has 2 amide bonds. The Kier molecular flexibility index (Phi) is 5.33. The highest BCUT2D eigenvalue weighted by Gasteiger charge is 2.60. The summed E-state index contributed by atoms with van der Waals surface area (Å²) in [5, 5.41) is 12.7. The topological polar surface area (TPSA) is 93.0 Å². The van der Waals surface area contributed by atoms with Crippen molar-refractivity contribution >= 4 is 28.9 Å². The van der Waals surface area contributed by atoms with Crippen LogP contribution in [0.1, 0.15) is 24.1 Å². The molecule has 2 saturated heterocycles. The number of anilines is 2. The quantitative estimate of drug-likeness (QED) is 0.319. The van der Waals surface area contributed by atoms with Gasteiger partial charge in [0.15, 0.2) is 6.10 Å². The maximum Gasteiger partial charge on any atom is 0.271 e. The first-order valence-corrected chi connectivity index (χ1v) is 10.8. The third-order valence-electron chi connectivity index (χ3n) is 6.22. The molecule has 0 saturated carbocycles. The Hall–Kier alpha value is -4.11. The molecule has 2 aliphatic rings. The first-order valence-electron chi connectivity index (χ1n) is 10.8. The Balaban J connectivity index is 1.58. The second-order valence-electron chi connectivity index (χ2n) is 8.18. The van der Waals surface area contributed by atoms with Crippen molar-refractivity contribution in [3.8, 4) is 0 Å². The molecule has 2 heterocycles. The van der Waals surface area contributed by atoms with Crippen molar-refractivity contribution in [2.24, 2.45) is 5.92 Å². The zero-order valence-electron chi connectivity index (χ0n) is 18.1. The van der Waals surface area contributed by atoms with Crippen molar-refractivity contribution < 1.29 is 23.7 Å². The molecule has 0 aliphatic carbocycles. The number of aryl methyl sites for hydroxylation is 1. The fourth-order valence-corrected chi connectivity index (χ4v) is 4.52.